The van der Waals surface area contributed by atoms with Crippen molar-refractivity contribution in [2.75, 3.05) is 13.2 Å². The average molecular weight is 355 g/mol. The molecule has 2 aromatic rings. The van der Waals surface area contributed by atoms with Gasteiger partial charge >= 0.3 is 0 Å². The number of ether oxygens (including phenoxy) is 1. The van der Waals surface area contributed by atoms with Crippen LogP contribution >= 0.6 is 0 Å². The molecule has 0 radical (unpaired) electrons. The van der Waals surface area contributed by atoms with Crippen molar-refractivity contribution in [2.24, 2.45) is 5.41 Å². The van der Waals surface area contributed by atoms with Gasteiger partial charge in [-0.1, -0.05) is 12.1 Å². The third-order valence-electron chi connectivity index (χ3n) is 5.68. The van der Waals surface area contributed by atoms with E-state index in [0.717, 1.165) is 12.8 Å². The Bertz CT molecular complexity index is 807. The van der Waals surface area contributed by atoms with Crippen LogP contribution in [0.1, 0.15) is 45.7 Å². The van der Waals surface area contributed by atoms with Crippen LogP contribution in [0.25, 0.3) is 0 Å². The first-order valence-corrected chi connectivity index (χ1v) is 8.85. The number of furan rings is 1. The van der Waals surface area contributed by atoms with Gasteiger partial charge in [0.15, 0.2) is 5.76 Å². The van der Waals surface area contributed by atoms with Gasteiger partial charge in [-0.05, 0) is 43.5 Å². The number of hydrogen-bond acceptors (Lipinski definition) is 5. The van der Waals surface area contributed by atoms with Crippen LogP contribution in [0.15, 0.2) is 47.1 Å². The fraction of sp³-hybridized carbons (Fsp3) is 0.400. The summed E-state index contributed by atoms with van der Waals surface area (Å²) in [6.45, 7) is 1.22. The minimum absolute atomic E-state index is 0.0710. The molecular weight excluding hydrogens is 334 g/mol. The van der Waals surface area contributed by atoms with Gasteiger partial charge in [0, 0.05) is 35.8 Å². The second-order valence-corrected chi connectivity index (χ2v) is 7.01. The Hall–Kier alpha value is -2.44. The molecule has 1 saturated carbocycles. The van der Waals surface area contributed by atoms with Crippen LogP contribution in [0.2, 0.25) is 0 Å². The van der Waals surface area contributed by atoms with Gasteiger partial charge in [0.05, 0.1) is 12.4 Å². The number of benzene rings is 1. The zero-order valence-corrected chi connectivity index (χ0v) is 14.3. The highest BCUT2D eigenvalue weighted by atomic mass is 16.5. The highest BCUT2D eigenvalue weighted by Gasteiger charge is 2.55. The molecule has 1 saturated heterocycles. The lowest BCUT2D eigenvalue weighted by molar-refractivity contribution is -0.145. The number of hydrogen-bond donors (Lipinski definition) is 2. The second-order valence-electron chi connectivity index (χ2n) is 7.01. The van der Waals surface area contributed by atoms with E-state index in [1.54, 1.807) is 36.4 Å². The Balaban J connectivity index is 1.49. The van der Waals surface area contributed by atoms with Crippen LogP contribution in [-0.4, -0.2) is 42.2 Å². The third kappa shape index (κ3) is 2.85. The van der Waals surface area contributed by atoms with Crippen molar-refractivity contribution in [3.8, 4) is 0 Å². The zero-order valence-electron chi connectivity index (χ0n) is 14.3. The molecule has 26 heavy (non-hydrogen) atoms. The van der Waals surface area contributed by atoms with E-state index in [0.29, 0.717) is 30.8 Å². The predicted molar refractivity (Wildman–Crippen MR) is 92.9 cm³/mol. The first-order valence-electron chi connectivity index (χ1n) is 8.85. The van der Waals surface area contributed by atoms with E-state index in [-0.39, 0.29) is 28.9 Å². The van der Waals surface area contributed by atoms with Gasteiger partial charge < -0.3 is 19.6 Å². The van der Waals surface area contributed by atoms with Crippen molar-refractivity contribution in [1.29, 1.82) is 0 Å². The molecule has 136 valence electrons. The van der Waals surface area contributed by atoms with Crippen molar-refractivity contribution in [1.82, 2.24) is 5.32 Å². The molecular formula is C20H21NO5. The Morgan fingerprint density at radius 2 is 1.88 bits per heavy atom. The molecule has 2 atom stereocenters. The fourth-order valence-corrected chi connectivity index (χ4v) is 3.99. The van der Waals surface area contributed by atoms with Gasteiger partial charge in [-0.3, -0.25) is 9.59 Å². The lowest BCUT2D eigenvalue weighted by Gasteiger charge is -2.55. The average Bonchev–Trinajstić information content (AvgIpc) is 3.22. The van der Waals surface area contributed by atoms with Crippen LogP contribution < -0.4 is 5.32 Å². The SMILES string of the molecule is O=C(N[C@@H]1C[C@@H](O)C12CCOCC2)c1cccc(C(=O)c2ccco2)c1. The molecule has 1 spiro atoms. The largest absolute Gasteiger partial charge is 0.461 e. The van der Waals surface area contributed by atoms with Crippen molar-refractivity contribution < 1.29 is 23.8 Å². The topological polar surface area (TPSA) is 88.8 Å². The molecule has 6 nitrogen and oxygen atoms in total. The van der Waals surface area contributed by atoms with Crippen molar-refractivity contribution in [3.05, 3.63) is 59.5 Å². The monoisotopic (exact) mass is 355 g/mol. The van der Waals surface area contributed by atoms with Crippen LogP contribution in [-0.2, 0) is 4.74 Å². The third-order valence-corrected chi connectivity index (χ3v) is 5.68. The highest BCUT2D eigenvalue weighted by Crippen LogP contribution is 2.49. The maximum absolute atomic E-state index is 12.7. The van der Waals surface area contributed by atoms with Gasteiger partial charge in [0.2, 0.25) is 5.78 Å². The summed E-state index contributed by atoms with van der Waals surface area (Å²) >= 11 is 0. The van der Waals surface area contributed by atoms with Crippen LogP contribution in [0, 0.1) is 5.41 Å². The summed E-state index contributed by atoms with van der Waals surface area (Å²) in [5.41, 5.74) is 0.545. The van der Waals surface area contributed by atoms with E-state index in [1.807, 2.05) is 0 Å². The smallest absolute Gasteiger partial charge is 0.251 e. The predicted octanol–water partition coefficient (Wildman–Crippen LogP) is 2.17. The summed E-state index contributed by atoms with van der Waals surface area (Å²) in [5, 5.41) is 13.3. The first kappa shape index (κ1) is 17.0. The number of ketones is 1. The van der Waals surface area contributed by atoms with Crippen molar-refractivity contribution in [2.45, 2.75) is 31.4 Å². The zero-order chi connectivity index (χ0) is 18.1. The highest BCUT2D eigenvalue weighted by molar-refractivity contribution is 6.08. The van der Waals surface area contributed by atoms with E-state index in [2.05, 4.69) is 5.32 Å². The molecule has 2 heterocycles. The molecule has 1 aliphatic heterocycles. The summed E-state index contributed by atoms with van der Waals surface area (Å²) < 4.78 is 10.5. The molecule has 0 bridgehead atoms. The summed E-state index contributed by atoms with van der Waals surface area (Å²) in [6, 6.07) is 9.78. The standard InChI is InChI=1S/C20H21NO5/c22-17-12-16(20(17)6-9-25-10-7-20)21-19(24)14-4-1-3-13(11-14)18(23)15-5-2-8-26-15/h1-5,8,11,16-17,22H,6-7,9-10,12H2,(H,21,24)/t16-,17-/m1/s1. The van der Waals surface area contributed by atoms with E-state index in [4.69, 9.17) is 9.15 Å². The second kappa shape index (κ2) is 6.70. The van der Waals surface area contributed by atoms with Gasteiger partial charge in [-0.2, -0.15) is 0 Å². The van der Waals surface area contributed by atoms with Crippen molar-refractivity contribution in [3.63, 3.8) is 0 Å². The molecule has 2 N–H and O–H groups in total. The van der Waals surface area contributed by atoms with E-state index < -0.39 is 6.10 Å². The maximum Gasteiger partial charge on any atom is 0.251 e. The Labute approximate surface area is 151 Å². The number of aliphatic hydroxyl groups is 1. The van der Waals surface area contributed by atoms with E-state index in [9.17, 15) is 14.7 Å². The lowest BCUT2D eigenvalue weighted by atomic mass is 9.58. The molecule has 1 aromatic heterocycles. The Morgan fingerprint density at radius 1 is 1.12 bits per heavy atom. The molecule has 0 unspecified atom stereocenters. The molecule has 1 amide bonds. The normalized spacial score (nSPS) is 24.0. The number of aliphatic hydroxyl groups excluding tert-OH is 1. The molecule has 2 fully saturated rings. The van der Waals surface area contributed by atoms with E-state index in [1.165, 1.54) is 6.26 Å². The van der Waals surface area contributed by atoms with Crippen LogP contribution in [0.4, 0.5) is 0 Å². The summed E-state index contributed by atoms with van der Waals surface area (Å²) in [7, 11) is 0. The van der Waals surface area contributed by atoms with Gasteiger partial charge in [-0.25, -0.2) is 0 Å². The molecule has 1 aromatic carbocycles. The fourth-order valence-electron chi connectivity index (χ4n) is 3.99. The summed E-state index contributed by atoms with van der Waals surface area (Å²) in [4.78, 5) is 25.1. The number of carbonyl (C=O) groups excluding carboxylic acids is 2. The van der Waals surface area contributed by atoms with Gasteiger partial charge in [0.25, 0.3) is 5.91 Å². The molecule has 1 aliphatic carbocycles. The van der Waals surface area contributed by atoms with Gasteiger partial charge in [-0.15, -0.1) is 0 Å². The minimum Gasteiger partial charge on any atom is -0.461 e. The molecule has 6 heteroatoms. The minimum atomic E-state index is -0.399. The van der Waals surface area contributed by atoms with Gasteiger partial charge in [0.1, 0.15) is 0 Å². The maximum atomic E-state index is 12.7. The molecule has 4 rings (SSSR count). The Morgan fingerprint density at radius 3 is 2.58 bits per heavy atom. The number of amides is 1. The number of carbonyl (C=O) groups is 2. The van der Waals surface area contributed by atoms with Crippen molar-refractivity contribution >= 4 is 11.7 Å². The number of rotatable bonds is 4. The summed E-state index contributed by atoms with van der Waals surface area (Å²) in [6.07, 6.45) is 3.09. The Kier molecular flexibility index (Phi) is 4.38. The summed E-state index contributed by atoms with van der Waals surface area (Å²) in [5.74, 6) is -0.252. The van der Waals surface area contributed by atoms with Crippen LogP contribution in [0.3, 0.4) is 0 Å². The van der Waals surface area contributed by atoms with Crippen LogP contribution in [0.5, 0.6) is 0 Å². The first-order chi connectivity index (χ1) is 12.6. The molecule has 2 aliphatic rings. The van der Waals surface area contributed by atoms with E-state index >= 15 is 0 Å². The number of nitrogens with one attached hydrogen (secondary N) is 1. The quantitative estimate of drug-likeness (QED) is 0.821. The lowest BCUT2D eigenvalue weighted by Crippen LogP contribution is -2.65.